The van der Waals surface area contributed by atoms with Gasteiger partial charge in [0.15, 0.2) is 10.8 Å². The number of halogens is 2. The first-order chi connectivity index (χ1) is 16.5. The number of amides is 1. The number of ether oxygens (including phenoxy) is 2. The summed E-state index contributed by atoms with van der Waals surface area (Å²) in [7, 11) is 0. The topological polar surface area (TPSA) is 118 Å². The number of hydrogen-bond acceptors (Lipinski definition) is 9. The normalized spacial score (nSPS) is 10.9. The fourth-order valence-corrected chi connectivity index (χ4v) is 4.10. The Bertz CT molecular complexity index is 1300. The molecule has 2 aromatic carbocycles. The van der Waals surface area contributed by atoms with E-state index in [1.54, 1.807) is 42.5 Å². The Morgan fingerprint density at radius 1 is 1.12 bits per heavy atom. The summed E-state index contributed by atoms with van der Waals surface area (Å²) >= 11 is 13.6. The molecule has 0 fully saturated rings. The van der Waals surface area contributed by atoms with Crippen LogP contribution in [0.25, 0.3) is 10.3 Å². The zero-order valence-corrected chi connectivity index (χ0v) is 20.0. The minimum atomic E-state index is -0.341. The van der Waals surface area contributed by atoms with Gasteiger partial charge in [-0.2, -0.15) is 0 Å². The van der Waals surface area contributed by atoms with E-state index < -0.39 is 0 Å². The Balaban J connectivity index is 1.46. The van der Waals surface area contributed by atoms with E-state index >= 15 is 0 Å². The van der Waals surface area contributed by atoms with E-state index in [0.29, 0.717) is 56.5 Å². The van der Waals surface area contributed by atoms with Crippen molar-refractivity contribution in [2.24, 2.45) is 0 Å². The van der Waals surface area contributed by atoms with Crippen LogP contribution in [0.5, 0.6) is 11.5 Å². The van der Waals surface area contributed by atoms with Crippen LogP contribution in [0, 0.1) is 0 Å². The van der Waals surface area contributed by atoms with Crippen molar-refractivity contribution in [1.82, 2.24) is 20.3 Å². The van der Waals surface area contributed by atoms with Crippen molar-refractivity contribution in [3.63, 3.8) is 0 Å². The van der Waals surface area contributed by atoms with Crippen molar-refractivity contribution in [2.45, 2.75) is 0 Å². The number of aliphatic hydroxyl groups is 1. The van der Waals surface area contributed by atoms with E-state index in [1.165, 1.54) is 6.33 Å². The monoisotopic (exact) mass is 519 g/mol. The SMILES string of the molecule is O=C(NCCOCCO)c1nc2c(Nc3ccc(Oc4cccc(Cl)c4)c(Cl)c3)ncnc2s1. The maximum Gasteiger partial charge on any atom is 0.280 e. The highest BCUT2D eigenvalue weighted by molar-refractivity contribution is 7.19. The van der Waals surface area contributed by atoms with Crippen LogP contribution in [0.4, 0.5) is 11.5 Å². The molecule has 3 N–H and O–H groups in total. The van der Waals surface area contributed by atoms with Crippen LogP contribution in [-0.2, 0) is 4.74 Å². The molecule has 9 nitrogen and oxygen atoms in total. The number of aromatic nitrogens is 3. The molecule has 176 valence electrons. The van der Waals surface area contributed by atoms with Crippen LogP contribution in [0.3, 0.4) is 0 Å². The average molecular weight is 520 g/mol. The summed E-state index contributed by atoms with van der Waals surface area (Å²) in [5.74, 6) is 1.14. The lowest BCUT2D eigenvalue weighted by molar-refractivity contribution is 0.0838. The van der Waals surface area contributed by atoms with Gasteiger partial charge in [-0.3, -0.25) is 4.79 Å². The first-order valence-corrected chi connectivity index (χ1v) is 11.7. The van der Waals surface area contributed by atoms with Gasteiger partial charge < -0.3 is 25.2 Å². The molecule has 0 saturated carbocycles. The number of fused-ring (bicyclic) bond motifs is 1. The largest absolute Gasteiger partial charge is 0.456 e. The predicted molar refractivity (Wildman–Crippen MR) is 132 cm³/mol. The second-order valence-corrected chi connectivity index (χ2v) is 8.64. The first kappa shape index (κ1) is 24.1. The fraction of sp³-hybridized carbons (Fsp3) is 0.182. The van der Waals surface area contributed by atoms with Crippen molar-refractivity contribution in [3.8, 4) is 11.5 Å². The van der Waals surface area contributed by atoms with Crippen LogP contribution in [0.2, 0.25) is 10.0 Å². The number of hydrogen-bond donors (Lipinski definition) is 3. The van der Waals surface area contributed by atoms with Crippen molar-refractivity contribution in [2.75, 3.05) is 31.7 Å². The van der Waals surface area contributed by atoms with E-state index in [-0.39, 0.29) is 24.1 Å². The molecule has 4 rings (SSSR count). The van der Waals surface area contributed by atoms with Crippen LogP contribution in [0.1, 0.15) is 9.80 Å². The molecule has 0 aliphatic heterocycles. The van der Waals surface area contributed by atoms with Gasteiger partial charge in [0, 0.05) is 17.3 Å². The van der Waals surface area contributed by atoms with Gasteiger partial charge in [0.2, 0.25) is 0 Å². The molecule has 0 radical (unpaired) electrons. The Hall–Kier alpha value is -3.02. The third kappa shape index (κ3) is 6.10. The lowest BCUT2D eigenvalue weighted by atomic mass is 10.3. The van der Waals surface area contributed by atoms with Crippen LogP contribution in [0.15, 0.2) is 48.8 Å². The average Bonchev–Trinajstić information content (AvgIpc) is 3.26. The zero-order valence-electron chi connectivity index (χ0n) is 17.6. The number of carbonyl (C=O) groups is 1. The number of anilines is 2. The summed E-state index contributed by atoms with van der Waals surface area (Å²) in [5.41, 5.74) is 1.12. The summed E-state index contributed by atoms with van der Waals surface area (Å²) in [6.07, 6.45) is 1.39. The van der Waals surface area contributed by atoms with E-state index in [2.05, 4.69) is 25.6 Å². The minimum absolute atomic E-state index is 0.0663. The summed E-state index contributed by atoms with van der Waals surface area (Å²) in [4.78, 5) is 25.8. The van der Waals surface area contributed by atoms with Crippen LogP contribution in [-0.4, -0.2) is 52.3 Å². The molecule has 0 spiro atoms. The summed E-state index contributed by atoms with van der Waals surface area (Å²) < 4.78 is 10.9. The second-order valence-electron chi connectivity index (χ2n) is 6.82. The van der Waals surface area contributed by atoms with E-state index in [1.807, 2.05) is 0 Å². The highest BCUT2D eigenvalue weighted by atomic mass is 35.5. The van der Waals surface area contributed by atoms with Crippen LogP contribution < -0.4 is 15.4 Å². The minimum Gasteiger partial charge on any atom is -0.456 e. The molecular weight excluding hydrogens is 501 g/mol. The summed E-state index contributed by atoms with van der Waals surface area (Å²) in [6, 6.07) is 12.2. The Labute approximate surface area is 208 Å². The zero-order chi connectivity index (χ0) is 23.9. The van der Waals surface area contributed by atoms with Gasteiger partial charge >= 0.3 is 0 Å². The van der Waals surface area contributed by atoms with Gasteiger partial charge in [-0.25, -0.2) is 15.0 Å². The number of nitrogens with one attached hydrogen (secondary N) is 2. The van der Waals surface area contributed by atoms with Gasteiger partial charge in [-0.05, 0) is 36.4 Å². The third-order valence-corrected chi connectivity index (χ3v) is 5.87. The Morgan fingerprint density at radius 3 is 2.79 bits per heavy atom. The Morgan fingerprint density at radius 2 is 2.00 bits per heavy atom. The number of thiazole rings is 1. The lowest BCUT2D eigenvalue weighted by Crippen LogP contribution is -2.27. The molecule has 0 unspecified atom stereocenters. The molecular formula is C22H19Cl2N5O4S. The van der Waals surface area contributed by atoms with Gasteiger partial charge in [0.1, 0.15) is 28.2 Å². The highest BCUT2D eigenvalue weighted by Gasteiger charge is 2.16. The smallest absolute Gasteiger partial charge is 0.280 e. The molecule has 2 aromatic heterocycles. The van der Waals surface area contributed by atoms with Crippen molar-refractivity contribution >= 4 is 62.3 Å². The third-order valence-electron chi connectivity index (χ3n) is 4.38. The molecule has 1 amide bonds. The van der Waals surface area contributed by atoms with Crippen molar-refractivity contribution in [1.29, 1.82) is 0 Å². The van der Waals surface area contributed by atoms with E-state index in [9.17, 15) is 4.79 Å². The molecule has 4 aromatic rings. The van der Waals surface area contributed by atoms with Gasteiger partial charge in [0.05, 0.1) is 24.8 Å². The molecule has 0 aliphatic rings. The number of benzene rings is 2. The summed E-state index contributed by atoms with van der Waals surface area (Å²) in [6.45, 7) is 0.748. The molecule has 0 atom stereocenters. The second kappa shape index (κ2) is 11.4. The predicted octanol–water partition coefficient (Wildman–Crippen LogP) is 4.67. The Kier molecular flexibility index (Phi) is 8.09. The maximum absolute atomic E-state index is 12.4. The van der Waals surface area contributed by atoms with E-state index in [0.717, 1.165) is 11.3 Å². The lowest BCUT2D eigenvalue weighted by Gasteiger charge is -2.11. The number of nitrogens with zero attached hydrogens (tertiary/aromatic N) is 3. The molecule has 34 heavy (non-hydrogen) atoms. The van der Waals surface area contributed by atoms with Gasteiger partial charge in [0.25, 0.3) is 5.91 Å². The molecule has 12 heteroatoms. The quantitative estimate of drug-likeness (QED) is 0.258. The van der Waals surface area contributed by atoms with Crippen LogP contribution >= 0.6 is 34.5 Å². The molecule has 2 heterocycles. The molecule has 0 bridgehead atoms. The van der Waals surface area contributed by atoms with Gasteiger partial charge in [-0.1, -0.05) is 40.6 Å². The highest BCUT2D eigenvalue weighted by Crippen LogP contribution is 2.34. The van der Waals surface area contributed by atoms with E-state index in [4.69, 9.17) is 37.8 Å². The number of carbonyl (C=O) groups excluding carboxylic acids is 1. The van der Waals surface area contributed by atoms with Gasteiger partial charge in [-0.15, -0.1) is 0 Å². The number of aliphatic hydroxyl groups excluding tert-OH is 1. The molecule has 0 aliphatic carbocycles. The standard InChI is InChI=1S/C22H19Cl2N5O4S/c23-13-2-1-3-15(10-13)33-17-5-4-14(11-16(17)24)28-19-18-21(27-12-26-19)34-22(29-18)20(31)25-6-8-32-9-7-30/h1-5,10-12,30H,6-9H2,(H,25,31)(H,26,27,28). The first-order valence-electron chi connectivity index (χ1n) is 10.1. The van der Waals surface area contributed by atoms with Crippen molar-refractivity contribution < 1.29 is 19.4 Å². The molecule has 0 saturated heterocycles. The fourth-order valence-electron chi connectivity index (χ4n) is 2.88. The van der Waals surface area contributed by atoms with Crippen molar-refractivity contribution in [3.05, 3.63) is 63.8 Å². The number of rotatable bonds is 10. The maximum atomic E-state index is 12.4. The summed E-state index contributed by atoms with van der Waals surface area (Å²) in [5, 5.41) is 15.8.